The molecule has 1 aromatic heterocycles. The van der Waals surface area contributed by atoms with Crippen molar-refractivity contribution < 1.29 is 4.42 Å². The van der Waals surface area contributed by atoms with Gasteiger partial charge >= 0.3 is 0 Å². The summed E-state index contributed by atoms with van der Waals surface area (Å²) in [6.45, 7) is 15.0. The van der Waals surface area contributed by atoms with Crippen LogP contribution in [0.1, 0.15) is 55.9 Å². The molecule has 0 aliphatic heterocycles. The van der Waals surface area contributed by atoms with E-state index in [0.717, 1.165) is 30.4 Å². The van der Waals surface area contributed by atoms with Crippen molar-refractivity contribution in [1.29, 1.82) is 0 Å². The Bertz CT molecular complexity index is 2570. The van der Waals surface area contributed by atoms with Crippen LogP contribution in [0, 0.1) is 0 Å². The van der Waals surface area contributed by atoms with Crippen LogP contribution in [-0.2, 0) is 11.8 Å². The van der Waals surface area contributed by atoms with Crippen LogP contribution in [0.4, 0.5) is 0 Å². The van der Waals surface area contributed by atoms with Crippen molar-refractivity contribution in [2.45, 2.75) is 45.4 Å². The van der Waals surface area contributed by atoms with Crippen molar-refractivity contribution in [1.82, 2.24) is 0 Å². The predicted octanol–water partition coefficient (Wildman–Crippen LogP) is 14.0. The zero-order chi connectivity index (χ0) is 34.4. The van der Waals surface area contributed by atoms with Gasteiger partial charge in [-0.1, -0.05) is 153 Å². The lowest BCUT2D eigenvalue weighted by atomic mass is 9.81. The minimum Gasteiger partial charge on any atom is -0.456 e. The Morgan fingerprint density at radius 3 is 1.92 bits per heavy atom. The van der Waals surface area contributed by atoms with Crippen LogP contribution in [0.25, 0.3) is 65.4 Å². The molecule has 0 fully saturated rings. The maximum absolute atomic E-state index is 6.70. The fourth-order valence-corrected chi connectivity index (χ4v) is 8.38. The molecule has 6 aromatic carbocycles. The first-order chi connectivity index (χ1) is 24.4. The van der Waals surface area contributed by atoms with E-state index in [-0.39, 0.29) is 5.41 Å². The molecule has 0 bridgehead atoms. The number of hydrogen-bond donors (Lipinski definition) is 0. The molecule has 244 valence electrons. The van der Waals surface area contributed by atoms with E-state index in [1.165, 1.54) is 82.1 Å². The van der Waals surface area contributed by atoms with Gasteiger partial charge in [0.25, 0.3) is 0 Å². The lowest BCUT2D eigenvalue weighted by molar-refractivity contribution is 0.613. The first-order valence-corrected chi connectivity index (χ1v) is 17.7. The standard InChI is InChI=1S/C49H42O/c1-6-8-9-10-20-33(19-7-2)45-39-25-15-13-23-37(39)44(38-24-14-16-26-40(38)45)32(3)29-30-34-31-42-35-21-11-12-22-36(35)46-41-27-17-18-28-43(41)50-48(46)47(42)49(34,4)5/h6-7,9-18,20-30H,1-2,8,19,31H2,3-5H3/b10-9-,32-29+,33-20+,34-30+. The summed E-state index contributed by atoms with van der Waals surface area (Å²) in [6.07, 6.45) is 17.8. The minimum absolute atomic E-state index is 0.195. The second kappa shape index (κ2) is 12.7. The Morgan fingerprint density at radius 1 is 0.700 bits per heavy atom. The van der Waals surface area contributed by atoms with E-state index in [4.69, 9.17) is 4.42 Å². The first kappa shape index (κ1) is 31.6. The van der Waals surface area contributed by atoms with Gasteiger partial charge in [-0.25, -0.2) is 0 Å². The van der Waals surface area contributed by atoms with Gasteiger partial charge in [0, 0.05) is 21.8 Å². The van der Waals surface area contributed by atoms with Crippen molar-refractivity contribution in [3.63, 3.8) is 0 Å². The van der Waals surface area contributed by atoms with Crippen LogP contribution in [0.3, 0.4) is 0 Å². The highest BCUT2D eigenvalue weighted by molar-refractivity contribution is 6.21. The first-order valence-electron chi connectivity index (χ1n) is 17.7. The quantitative estimate of drug-likeness (QED) is 0.0910. The third kappa shape index (κ3) is 5.00. The number of furan rings is 1. The van der Waals surface area contributed by atoms with Crippen molar-refractivity contribution in [3.8, 4) is 0 Å². The molecule has 0 saturated carbocycles. The van der Waals surface area contributed by atoms with Gasteiger partial charge in [-0.15, -0.1) is 13.2 Å². The maximum Gasteiger partial charge on any atom is 0.140 e. The van der Waals surface area contributed by atoms with Crippen LogP contribution < -0.4 is 0 Å². The Labute approximate surface area is 294 Å². The molecule has 0 N–H and O–H groups in total. The van der Waals surface area contributed by atoms with E-state index in [0.29, 0.717) is 0 Å². The second-order valence-corrected chi connectivity index (χ2v) is 14.0. The number of benzene rings is 6. The van der Waals surface area contributed by atoms with Gasteiger partial charge in [0.05, 0.1) is 0 Å². The molecule has 1 aliphatic carbocycles. The van der Waals surface area contributed by atoms with Crippen LogP contribution in [0.5, 0.6) is 0 Å². The van der Waals surface area contributed by atoms with Gasteiger partial charge in [0.1, 0.15) is 11.2 Å². The van der Waals surface area contributed by atoms with E-state index < -0.39 is 0 Å². The molecule has 8 rings (SSSR count). The zero-order valence-corrected chi connectivity index (χ0v) is 29.2. The minimum atomic E-state index is -0.195. The van der Waals surface area contributed by atoms with Gasteiger partial charge in [-0.05, 0) is 92.4 Å². The Morgan fingerprint density at radius 2 is 1.28 bits per heavy atom. The molecule has 1 heteroatoms. The van der Waals surface area contributed by atoms with Gasteiger partial charge in [-0.2, -0.15) is 0 Å². The summed E-state index contributed by atoms with van der Waals surface area (Å²) in [6, 6.07) is 35.1. The number of para-hydroxylation sites is 1. The molecular weight excluding hydrogens is 605 g/mol. The van der Waals surface area contributed by atoms with Crippen molar-refractivity contribution >= 4 is 65.4 Å². The van der Waals surface area contributed by atoms with Crippen molar-refractivity contribution in [2.75, 3.05) is 0 Å². The SMILES string of the molecule is C=CC/C=C\C=C(/CC=C)c1c2ccccc2c(/C(C)=C/C=C2\Cc3c(c4oc5ccccc5c4c4ccccc34)C2(C)C)c2ccccc12. The third-order valence-corrected chi connectivity index (χ3v) is 10.7. The van der Waals surface area contributed by atoms with Crippen LogP contribution in [0.15, 0.2) is 163 Å². The fraction of sp³-hybridized carbons (Fsp3) is 0.143. The normalized spacial score (nSPS) is 15.7. The molecule has 0 saturated heterocycles. The Hall–Kier alpha value is -5.66. The Balaban J connectivity index is 1.31. The monoisotopic (exact) mass is 646 g/mol. The molecule has 1 nitrogen and oxygen atoms in total. The van der Waals surface area contributed by atoms with Crippen molar-refractivity contribution in [2.24, 2.45) is 0 Å². The van der Waals surface area contributed by atoms with Crippen LogP contribution in [0.2, 0.25) is 0 Å². The number of hydrogen-bond acceptors (Lipinski definition) is 1. The zero-order valence-electron chi connectivity index (χ0n) is 29.2. The maximum atomic E-state index is 6.70. The third-order valence-electron chi connectivity index (χ3n) is 10.7. The van der Waals surface area contributed by atoms with E-state index >= 15 is 0 Å². The Kier molecular flexibility index (Phi) is 8.00. The lowest BCUT2D eigenvalue weighted by Gasteiger charge is -2.22. The molecule has 0 atom stereocenters. The number of allylic oxidation sites excluding steroid dienone is 10. The average molecular weight is 647 g/mol. The molecule has 1 heterocycles. The summed E-state index contributed by atoms with van der Waals surface area (Å²) in [5.74, 6) is 0. The molecule has 0 spiro atoms. The van der Waals surface area contributed by atoms with Crippen LogP contribution >= 0.6 is 0 Å². The summed E-state index contributed by atoms with van der Waals surface area (Å²) in [5, 5.41) is 10.1. The highest BCUT2D eigenvalue weighted by Gasteiger charge is 2.39. The van der Waals surface area contributed by atoms with E-state index in [2.05, 4.69) is 161 Å². The number of fused-ring (bicyclic) bond motifs is 10. The average Bonchev–Trinajstić information content (AvgIpc) is 3.65. The van der Waals surface area contributed by atoms with E-state index in [1.807, 2.05) is 12.2 Å². The topological polar surface area (TPSA) is 13.1 Å². The molecule has 0 amide bonds. The summed E-state index contributed by atoms with van der Waals surface area (Å²) < 4.78 is 6.70. The van der Waals surface area contributed by atoms with Gasteiger partial charge in [-0.3, -0.25) is 0 Å². The largest absolute Gasteiger partial charge is 0.456 e. The summed E-state index contributed by atoms with van der Waals surface area (Å²) >= 11 is 0. The highest BCUT2D eigenvalue weighted by atomic mass is 16.3. The molecule has 0 unspecified atom stereocenters. The van der Waals surface area contributed by atoms with E-state index in [9.17, 15) is 0 Å². The van der Waals surface area contributed by atoms with E-state index in [1.54, 1.807) is 0 Å². The molecule has 1 aliphatic rings. The predicted molar refractivity (Wildman–Crippen MR) is 218 cm³/mol. The molecule has 50 heavy (non-hydrogen) atoms. The smallest absolute Gasteiger partial charge is 0.140 e. The van der Waals surface area contributed by atoms with Gasteiger partial charge in [0.2, 0.25) is 0 Å². The van der Waals surface area contributed by atoms with Gasteiger partial charge < -0.3 is 4.42 Å². The van der Waals surface area contributed by atoms with Crippen LogP contribution in [-0.4, -0.2) is 0 Å². The fourth-order valence-electron chi connectivity index (χ4n) is 8.38. The summed E-state index contributed by atoms with van der Waals surface area (Å²) in [4.78, 5) is 0. The highest BCUT2D eigenvalue weighted by Crippen LogP contribution is 2.51. The summed E-state index contributed by atoms with van der Waals surface area (Å²) in [7, 11) is 0. The molecular formula is C49H42O. The second-order valence-electron chi connectivity index (χ2n) is 14.0. The van der Waals surface area contributed by atoms with Gasteiger partial charge in [0.15, 0.2) is 0 Å². The summed E-state index contributed by atoms with van der Waals surface area (Å²) in [5.41, 5.74) is 11.0. The lowest BCUT2D eigenvalue weighted by Crippen LogP contribution is -2.15. The van der Waals surface area contributed by atoms with Crippen molar-refractivity contribution in [3.05, 3.63) is 181 Å². The molecule has 7 aromatic rings. The number of rotatable bonds is 8. The molecule has 0 radical (unpaired) electrons.